The van der Waals surface area contributed by atoms with Gasteiger partial charge in [0.05, 0.1) is 25.4 Å². The Kier molecular flexibility index (Phi) is 10.5. The molecule has 0 aliphatic heterocycles. The number of benzene rings is 4. The molecule has 2 unspecified atom stereocenters. The smallest absolute Gasteiger partial charge is 0.158 e. The third-order valence-corrected chi connectivity index (χ3v) is 5.95. The van der Waals surface area contributed by atoms with E-state index in [1.165, 1.54) is 14.2 Å². The van der Waals surface area contributed by atoms with Crippen LogP contribution >= 0.6 is 0 Å². The molecule has 38 heavy (non-hydrogen) atoms. The number of nitrogens with zero attached hydrogens (tertiary/aromatic N) is 2. The quantitative estimate of drug-likeness (QED) is 0.144. The zero-order valence-electron chi connectivity index (χ0n) is 21.5. The minimum atomic E-state index is -0.944. The van der Waals surface area contributed by atoms with Crippen LogP contribution in [0.3, 0.4) is 0 Å². The van der Waals surface area contributed by atoms with Crippen molar-refractivity contribution in [2.45, 2.75) is 19.0 Å². The van der Waals surface area contributed by atoms with Crippen molar-refractivity contribution in [2.24, 2.45) is 0 Å². The van der Waals surface area contributed by atoms with Gasteiger partial charge in [-0.15, -0.1) is 17.5 Å². The molecule has 201 valence electrons. The van der Waals surface area contributed by atoms with Crippen LogP contribution in [0.25, 0.3) is 43.8 Å². The molecule has 0 aliphatic rings. The Morgan fingerprint density at radius 2 is 1.45 bits per heavy atom. The van der Waals surface area contributed by atoms with E-state index < -0.39 is 12.6 Å². The van der Waals surface area contributed by atoms with Crippen molar-refractivity contribution in [2.75, 3.05) is 28.4 Å². The van der Waals surface area contributed by atoms with E-state index in [1.807, 2.05) is 66.9 Å². The number of aliphatic hydroxyl groups is 2. The van der Waals surface area contributed by atoms with Gasteiger partial charge >= 0.3 is 0 Å². The summed E-state index contributed by atoms with van der Waals surface area (Å²) >= 11 is 0. The number of aliphatic hydroxyl groups excluding tert-OH is 2. The Hall–Kier alpha value is -3.17. The van der Waals surface area contributed by atoms with Crippen LogP contribution in [-0.2, 0) is 29.6 Å². The van der Waals surface area contributed by atoms with Crippen LogP contribution in [0.1, 0.15) is 6.42 Å². The van der Waals surface area contributed by atoms with Gasteiger partial charge in [0.15, 0.2) is 12.6 Å². The maximum absolute atomic E-state index is 8.70. The van der Waals surface area contributed by atoms with E-state index in [9.17, 15) is 0 Å². The van der Waals surface area contributed by atoms with Crippen molar-refractivity contribution in [3.8, 4) is 22.8 Å². The van der Waals surface area contributed by atoms with Crippen molar-refractivity contribution in [3.05, 3.63) is 72.9 Å². The molecule has 1 aromatic heterocycles. The van der Waals surface area contributed by atoms with Gasteiger partial charge in [0.1, 0.15) is 5.75 Å². The molecule has 0 saturated heterocycles. The first kappa shape index (κ1) is 29.4. The van der Waals surface area contributed by atoms with Crippen molar-refractivity contribution >= 4 is 32.6 Å². The predicted octanol–water partition coefficient (Wildman–Crippen LogP) is 4.72. The Labute approximate surface area is 234 Å². The first-order valence-electron chi connectivity index (χ1n) is 11.6. The SMILES string of the molecule is COC(O)CC(O)OC.COc1c[c-]c2c(c1)c1cc(OC)ccc1c1nc(-c3ccccc3)cnc21.[Ir]. The van der Waals surface area contributed by atoms with Gasteiger partial charge in [-0.25, -0.2) is 0 Å². The monoisotopic (exact) mass is 694 g/mol. The van der Waals surface area contributed by atoms with Gasteiger partial charge in [0.25, 0.3) is 0 Å². The third kappa shape index (κ3) is 6.45. The summed E-state index contributed by atoms with van der Waals surface area (Å²) in [6.45, 7) is 0. The maximum atomic E-state index is 8.70. The number of aromatic nitrogens is 2. The number of hydrogen-bond donors (Lipinski definition) is 2. The molecule has 0 saturated carbocycles. The number of rotatable bonds is 7. The minimum Gasteiger partial charge on any atom is -0.540 e. The fourth-order valence-electron chi connectivity index (χ4n) is 3.96. The Balaban J connectivity index is 0.000000348. The van der Waals surface area contributed by atoms with Gasteiger partial charge < -0.3 is 34.1 Å². The van der Waals surface area contributed by atoms with E-state index in [-0.39, 0.29) is 26.5 Å². The van der Waals surface area contributed by atoms with Gasteiger partial charge in [-0.05, 0) is 22.9 Å². The van der Waals surface area contributed by atoms with E-state index in [2.05, 4.69) is 15.5 Å². The second kappa shape index (κ2) is 13.6. The molecule has 2 N–H and O–H groups in total. The van der Waals surface area contributed by atoms with Crippen molar-refractivity contribution in [1.29, 1.82) is 0 Å². The summed E-state index contributed by atoms with van der Waals surface area (Å²) in [6, 6.07) is 23.3. The molecule has 4 aromatic carbocycles. The largest absolute Gasteiger partial charge is 0.540 e. The zero-order chi connectivity index (χ0) is 26.4. The summed E-state index contributed by atoms with van der Waals surface area (Å²) in [5.74, 6) is 1.55. The molecule has 8 nitrogen and oxygen atoms in total. The van der Waals surface area contributed by atoms with Crippen LogP contribution in [-0.4, -0.2) is 61.2 Å². The number of ether oxygens (including phenoxy) is 4. The molecule has 9 heteroatoms. The van der Waals surface area contributed by atoms with E-state index >= 15 is 0 Å². The normalized spacial score (nSPS) is 12.4. The van der Waals surface area contributed by atoms with E-state index in [1.54, 1.807) is 14.2 Å². The molecule has 0 fully saturated rings. The summed E-state index contributed by atoms with van der Waals surface area (Å²) in [4.78, 5) is 9.74. The molecule has 5 rings (SSSR count). The Morgan fingerprint density at radius 1 is 0.789 bits per heavy atom. The van der Waals surface area contributed by atoms with Crippen LogP contribution in [0, 0.1) is 6.07 Å². The summed E-state index contributed by atoms with van der Waals surface area (Å²) in [5, 5.41) is 21.4. The molecule has 0 spiro atoms. The van der Waals surface area contributed by atoms with Gasteiger partial charge in [-0.3, -0.25) is 4.98 Å². The van der Waals surface area contributed by atoms with Gasteiger partial charge in [-0.2, -0.15) is 0 Å². The van der Waals surface area contributed by atoms with Crippen LogP contribution in [0.5, 0.6) is 11.5 Å². The average Bonchev–Trinajstić information content (AvgIpc) is 2.96. The zero-order valence-corrected chi connectivity index (χ0v) is 23.9. The van der Waals surface area contributed by atoms with Crippen LogP contribution in [0.15, 0.2) is 66.9 Å². The summed E-state index contributed by atoms with van der Waals surface area (Å²) < 4.78 is 19.8. The summed E-state index contributed by atoms with van der Waals surface area (Å²) in [6.07, 6.45) is 0.0114. The van der Waals surface area contributed by atoms with Crippen molar-refractivity contribution in [3.63, 3.8) is 0 Å². The standard InChI is InChI=1S/C24H17N2O2.C5H12O4.Ir/c1-27-16-8-10-18-20(12-16)21-13-17(28-2)9-11-19(21)24-23(18)25-14-22(26-24)15-6-4-3-5-7-15;1-8-4(6)3-5(7)9-2;/h3-9,11-14H,1-2H3;4-7H,3H2,1-2H3;/q-1;;. The molecular weight excluding hydrogens is 665 g/mol. The number of fused-ring (bicyclic) bond motifs is 6. The summed E-state index contributed by atoms with van der Waals surface area (Å²) in [7, 11) is 6.04. The van der Waals surface area contributed by atoms with Gasteiger partial charge in [0.2, 0.25) is 0 Å². The molecule has 1 radical (unpaired) electrons. The number of hydrogen-bond acceptors (Lipinski definition) is 8. The van der Waals surface area contributed by atoms with Crippen LogP contribution in [0.2, 0.25) is 0 Å². The molecule has 5 aromatic rings. The summed E-state index contributed by atoms with van der Waals surface area (Å²) in [5.41, 5.74) is 3.57. The van der Waals surface area contributed by atoms with E-state index in [0.717, 1.165) is 55.3 Å². The predicted molar refractivity (Wildman–Crippen MR) is 143 cm³/mol. The van der Waals surface area contributed by atoms with Crippen molar-refractivity contribution < 1.29 is 49.3 Å². The second-order valence-corrected chi connectivity index (χ2v) is 8.17. The van der Waals surface area contributed by atoms with Gasteiger partial charge in [0, 0.05) is 63.8 Å². The fourth-order valence-corrected chi connectivity index (χ4v) is 3.96. The van der Waals surface area contributed by atoms with Crippen LogP contribution < -0.4 is 9.47 Å². The molecule has 2 atom stereocenters. The first-order chi connectivity index (χ1) is 18.0. The number of methoxy groups -OCH3 is 4. The van der Waals surface area contributed by atoms with Crippen molar-refractivity contribution in [1.82, 2.24) is 9.97 Å². The third-order valence-electron chi connectivity index (χ3n) is 5.95. The second-order valence-electron chi connectivity index (χ2n) is 8.17. The molecule has 0 amide bonds. The minimum absolute atomic E-state index is 0. The van der Waals surface area contributed by atoms with Crippen LogP contribution in [0.4, 0.5) is 0 Å². The van der Waals surface area contributed by atoms with E-state index in [0.29, 0.717) is 0 Å². The average molecular weight is 694 g/mol. The van der Waals surface area contributed by atoms with Gasteiger partial charge in [-0.1, -0.05) is 47.9 Å². The molecule has 0 aliphatic carbocycles. The maximum Gasteiger partial charge on any atom is 0.158 e. The fraction of sp³-hybridized carbons (Fsp3) is 0.241. The first-order valence-corrected chi connectivity index (χ1v) is 11.6. The topological polar surface area (TPSA) is 103 Å². The molecule has 0 bridgehead atoms. The van der Waals surface area contributed by atoms with E-state index in [4.69, 9.17) is 29.7 Å². The molecular formula is C29H29IrN2O6-. The Morgan fingerprint density at radius 3 is 2.08 bits per heavy atom. The molecule has 1 heterocycles. The Bertz CT molecular complexity index is 1490.